The average Bonchev–Trinajstić information content (AvgIpc) is 2.56. The van der Waals surface area contributed by atoms with Crippen LogP contribution in [0.2, 0.25) is 0 Å². The first-order valence-corrected chi connectivity index (χ1v) is 7.26. The Hall–Kier alpha value is -3.15. The van der Waals surface area contributed by atoms with Crippen molar-refractivity contribution in [1.82, 2.24) is 5.43 Å². The fourth-order valence-electron chi connectivity index (χ4n) is 2.06. The lowest BCUT2D eigenvalue weighted by molar-refractivity contribution is -0.132. The van der Waals surface area contributed by atoms with Gasteiger partial charge in [-0.15, -0.1) is 0 Å². The molecule has 0 heterocycles. The predicted molar refractivity (Wildman–Crippen MR) is 90.5 cm³/mol. The Morgan fingerprint density at radius 3 is 2.54 bits per heavy atom. The number of hydrogen-bond acceptors (Lipinski definition) is 5. The first-order valence-electron chi connectivity index (χ1n) is 7.26. The summed E-state index contributed by atoms with van der Waals surface area (Å²) in [4.78, 5) is 23.1. The molecule has 6 heteroatoms. The lowest BCUT2D eigenvalue weighted by Gasteiger charge is -2.08. The van der Waals surface area contributed by atoms with Gasteiger partial charge in [-0.1, -0.05) is 18.2 Å². The van der Waals surface area contributed by atoms with Crippen molar-refractivity contribution in [3.63, 3.8) is 0 Å². The number of carbonyl (C=O) groups is 2. The standard InChI is InChI=1S/C18H18N2O4/c1-12-6-4-5-7-15(12)18(22)20-19-11-14-8-9-16(24-13(2)21)17(10-14)23-3/h4-11H,1-3H3,(H,20,22)/b19-11-. The highest BCUT2D eigenvalue weighted by atomic mass is 16.6. The molecule has 0 atom stereocenters. The van der Waals surface area contributed by atoms with Crippen molar-refractivity contribution in [3.8, 4) is 11.5 Å². The second-order valence-corrected chi connectivity index (χ2v) is 5.02. The van der Waals surface area contributed by atoms with Gasteiger partial charge in [-0.25, -0.2) is 5.43 Å². The van der Waals surface area contributed by atoms with Crippen LogP contribution in [-0.4, -0.2) is 25.2 Å². The van der Waals surface area contributed by atoms with Gasteiger partial charge < -0.3 is 9.47 Å². The Morgan fingerprint density at radius 1 is 1.12 bits per heavy atom. The number of hydrazone groups is 1. The number of hydrogen-bond donors (Lipinski definition) is 1. The van der Waals surface area contributed by atoms with E-state index in [1.165, 1.54) is 20.2 Å². The van der Waals surface area contributed by atoms with E-state index in [9.17, 15) is 9.59 Å². The van der Waals surface area contributed by atoms with Crippen LogP contribution in [0.3, 0.4) is 0 Å². The Balaban J connectivity index is 2.08. The topological polar surface area (TPSA) is 77.0 Å². The van der Waals surface area contributed by atoms with Crippen molar-refractivity contribution in [2.75, 3.05) is 7.11 Å². The van der Waals surface area contributed by atoms with E-state index >= 15 is 0 Å². The largest absolute Gasteiger partial charge is 0.493 e. The molecule has 1 amide bonds. The quantitative estimate of drug-likeness (QED) is 0.397. The number of methoxy groups -OCH3 is 1. The summed E-state index contributed by atoms with van der Waals surface area (Å²) in [6.45, 7) is 3.17. The molecule has 0 spiro atoms. The highest BCUT2D eigenvalue weighted by Crippen LogP contribution is 2.27. The van der Waals surface area contributed by atoms with Crippen molar-refractivity contribution < 1.29 is 19.1 Å². The van der Waals surface area contributed by atoms with Crippen LogP contribution in [0.1, 0.15) is 28.4 Å². The van der Waals surface area contributed by atoms with E-state index in [0.717, 1.165) is 5.56 Å². The van der Waals surface area contributed by atoms with Crippen LogP contribution < -0.4 is 14.9 Å². The van der Waals surface area contributed by atoms with Gasteiger partial charge in [0.15, 0.2) is 11.5 Å². The minimum absolute atomic E-state index is 0.284. The molecule has 0 unspecified atom stereocenters. The fraction of sp³-hybridized carbons (Fsp3) is 0.167. The van der Waals surface area contributed by atoms with E-state index in [0.29, 0.717) is 22.6 Å². The monoisotopic (exact) mass is 326 g/mol. The maximum absolute atomic E-state index is 12.0. The number of benzene rings is 2. The van der Waals surface area contributed by atoms with Gasteiger partial charge in [-0.3, -0.25) is 9.59 Å². The minimum Gasteiger partial charge on any atom is -0.493 e. The van der Waals surface area contributed by atoms with Crippen LogP contribution in [0.4, 0.5) is 0 Å². The second kappa shape index (κ2) is 7.92. The number of amides is 1. The smallest absolute Gasteiger partial charge is 0.308 e. The van der Waals surface area contributed by atoms with Crippen molar-refractivity contribution in [2.24, 2.45) is 5.10 Å². The lowest BCUT2D eigenvalue weighted by Crippen LogP contribution is -2.18. The molecule has 124 valence electrons. The van der Waals surface area contributed by atoms with Crippen LogP contribution in [0.5, 0.6) is 11.5 Å². The zero-order valence-corrected chi connectivity index (χ0v) is 13.7. The number of nitrogens with one attached hydrogen (secondary N) is 1. The van der Waals surface area contributed by atoms with E-state index in [1.807, 2.05) is 19.1 Å². The molecule has 0 aromatic heterocycles. The van der Waals surface area contributed by atoms with Gasteiger partial charge in [0.05, 0.1) is 13.3 Å². The maximum Gasteiger partial charge on any atom is 0.308 e. The van der Waals surface area contributed by atoms with Crippen LogP contribution >= 0.6 is 0 Å². The third-order valence-corrected chi connectivity index (χ3v) is 3.21. The molecule has 0 saturated heterocycles. The van der Waals surface area contributed by atoms with Crippen LogP contribution in [0.15, 0.2) is 47.6 Å². The van der Waals surface area contributed by atoms with E-state index in [1.54, 1.807) is 30.3 Å². The highest BCUT2D eigenvalue weighted by Gasteiger charge is 2.08. The molecule has 0 aliphatic heterocycles. The van der Waals surface area contributed by atoms with Crippen LogP contribution in [0.25, 0.3) is 0 Å². The third-order valence-electron chi connectivity index (χ3n) is 3.21. The molecule has 0 aliphatic rings. The summed E-state index contributed by atoms with van der Waals surface area (Å²) in [6.07, 6.45) is 1.48. The molecular formula is C18H18N2O4. The molecule has 0 fully saturated rings. The molecule has 2 rings (SSSR count). The molecule has 0 radical (unpaired) electrons. The molecule has 0 saturated carbocycles. The normalized spacial score (nSPS) is 10.5. The molecule has 0 bridgehead atoms. The molecule has 6 nitrogen and oxygen atoms in total. The number of esters is 1. The first-order chi connectivity index (χ1) is 11.5. The van der Waals surface area contributed by atoms with Crippen molar-refractivity contribution in [3.05, 3.63) is 59.2 Å². The SMILES string of the molecule is COc1cc(/C=N\NC(=O)c2ccccc2C)ccc1OC(C)=O. The average molecular weight is 326 g/mol. The maximum atomic E-state index is 12.0. The van der Waals surface area contributed by atoms with E-state index < -0.39 is 5.97 Å². The highest BCUT2D eigenvalue weighted by molar-refractivity contribution is 5.96. The van der Waals surface area contributed by atoms with Gasteiger partial charge in [0.25, 0.3) is 5.91 Å². The number of aryl methyl sites for hydroxylation is 1. The number of ether oxygens (including phenoxy) is 2. The summed E-state index contributed by atoms with van der Waals surface area (Å²) in [5.74, 6) is 0.0125. The van der Waals surface area contributed by atoms with Gasteiger partial charge in [0.1, 0.15) is 0 Å². The Bertz CT molecular complexity index is 784. The third kappa shape index (κ3) is 4.42. The summed E-state index contributed by atoms with van der Waals surface area (Å²) < 4.78 is 10.2. The minimum atomic E-state index is -0.430. The summed E-state index contributed by atoms with van der Waals surface area (Å²) in [7, 11) is 1.48. The molecule has 1 N–H and O–H groups in total. The fourth-order valence-corrected chi connectivity index (χ4v) is 2.06. The predicted octanol–water partition coefficient (Wildman–Crippen LogP) is 2.69. The summed E-state index contributed by atoms with van der Waals surface area (Å²) >= 11 is 0. The van der Waals surface area contributed by atoms with Crippen LogP contribution in [0, 0.1) is 6.92 Å². The summed E-state index contributed by atoms with van der Waals surface area (Å²) in [6, 6.07) is 12.2. The molecule has 24 heavy (non-hydrogen) atoms. The first kappa shape index (κ1) is 17.2. The van der Waals surface area contributed by atoms with Crippen LogP contribution in [-0.2, 0) is 4.79 Å². The summed E-state index contributed by atoms with van der Waals surface area (Å²) in [5.41, 5.74) is 4.60. The van der Waals surface area contributed by atoms with Gasteiger partial charge in [-0.05, 0) is 42.3 Å². The number of carbonyl (C=O) groups excluding carboxylic acids is 2. The zero-order valence-electron chi connectivity index (χ0n) is 13.7. The van der Waals surface area contributed by atoms with Gasteiger partial charge in [0.2, 0.25) is 0 Å². The van der Waals surface area contributed by atoms with Crippen molar-refractivity contribution in [1.29, 1.82) is 0 Å². The summed E-state index contributed by atoms with van der Waals surface area (Å²) in [5, 5.41) is 3.94. The van der Waals surface area contributed by atoms with E-state index in [4.69, 9.17) is 9.47 Å². The molecular weight excluding hydrogens is 308 g/mol. The Labute approximate surface area is 140 Å². The van der Waals surface area contributed by atoms with Crippen molar-refractivity contribution in [2.45, 2.75) is 13.8 Å². The van der Waals surface area contributed by atoms with Gasteiger partial charge in [0, 0.05) is 12.5 Å². The molecule has 2 aromatic rings. The molecule has 0 aliphatic carbocycles. The lowest BCUT2D eigenvalue weighted by atomic mass is 10.1. The zero-order chi connectivity index (χ0) is 17.5. The van der Waals surface area contributed by atoms with Crippen molar-refractivity contribution >= 4 is 18.1 Å². The Morgan fingerprint density at radius 2 is 1.88 bits per heavy atom. The number of rotatable bonds is 5. The molecule has 2 aromatic carbocycles. The number of nitrogens with zero attached hydrogens (tertiary/aromatic N) is 1. The Kier molecular flexibility index (Phi) is 5.68. The van der Waals surface area contributed by atoms with E-state index in [2.05, 4.69) is 10.5 Å². The van der Waals surface area contributed by atoms with E-state index in [-0.39, 0.29) is 5.91 Å². The van der Waals surface area contributed by atoms with Gasteiger partial charge >= 0.3 is 5.97 Å². The second-order valence-electron chi connectivity index (χ2n) is 5.02. The van der Waals surface area contributed by atoms with Gasteiger partial charge in [-0.2, -0.15) is 5.10 Å².